The number of hydrogen-bond donors (Lipinski definition) is 1. The Morgan fingerprint density at radius 3 is 2.26 bits per heavy atom. The highest BCUT2D eigenvalue weighted by atomic mass is 19.4. The lowest BCUT2D eigenvalue weighted by Crippen LogP contribution is -2.44. The summed E-state index contributed by atoms with van der Waals surface area (Å²) in [6, 6.07) is 11.5. The summed E-state index contributed by atoms with van der Waals surface area (Å²) in [4.78, 5) is 29.8. The van der Waals surface area contributed by atoms with Gasteiger partial charge in [0.2, 0.25) is 0 Å². The van der Waals surface area contributed by atoms with Gasteiger partial charge in [-0.15, -0.1) is 0 Å². The number of benzene rings is 2. The Bertz CT molecular complexity index is 1440. The standard InChI is InChI=1S/C31H33F4N5O2/c32-23-9-5-20(6-10-23)17-36-30(42)38-15-12-24(13-16-38)40-28(21-7-8-21)26(18-37-40)29(41)39-14-11-22(19-39)25-3-1-2-4-27(25)31(33,34)35/h1-6,9-10,18,21-22,24H,7-8,11-17,19H2,(H,36,42). The van der Waals surface area contributed by atoms with Gasteiger partial charge in [-0.25, -0.2) is 9.18 Å². The van der Waals surface area contributed by atoms with Gasteiger partial charge >= 0.3 is 12.2 Å². The van der Waals surface area contributed by atoms with Gasteiger partial charge in [0.15, 0.2) is 0 Å². The minimum atomic E-state index is -4.44. The molecule has 222 valence electrons. The largest absolute Gasteiger partial charge is 0.416 e. The summed E-state index contributed by atoms with van der Waals surface area (Å²) >= 11 is 0. The molecule has 1 unspecified atom stereocenters. The van der Waals surface area contributed by atoms with E-state index in [1.165, 1.54) is 24.3 Å². The van der Waals surface area contributed by atoms with Gasteiger partial charge in [-0.05, 0) is 61.4 Å². The summed E-state index contributed by atoms with van der Waals surface area (Å²) in [5.74, 6) is -0.622. The molecule has 3 fully saturated rings. The fraction of sp³-hybridized carbons (Fsp3) is 0.452. The maximum Gasteiger partial charge on any atom is 0.416 e. The number of nitrogens with one attached hydrogen (secondary N) is 1. The second-order valence-corrected chi connectivity index (χ2v) is 11.5. The number of alkyl halides is 3. The number of aromatic nitrogens is 2. The fourth-order valence-electron chi connectivity index (χ4n) is 6.28. The molecule has 0 radical (unpaired) electrons. The molecule has 3 aromatic rings. The third-order valence-electron chi connectivity index (χ3n) is 8.66. The number of likely N-dealkylation sites (tertiary alicyclic amines) is 2. The van der Waals surface area contributed by atoms with Crippen molar-refractivity contribution < 1.29 is 27.2 Å². The molecule has 1 aromatic heterocycles. The van der Waals surface area contributed by atoms with Crippen molar-refractivity contribution in [1.29, 1.82) is 0 Å². The Hall–Kier alpha value is -3.89. The molecule has 2 aliphatic heterocycles. The van der Waals surface area contributed by atoms with Crippen molar-refractivity contribution in [1.82, 2.24) is 24.9 Å². The zero-order valence-corrected chi connectivity index (χ0v) is 23.1. The topological polar surface area (TPSA) is 70.5 Å². The van der Waals surface area contributed by atoms with Crippen molar-refractivity contribution in [2.24, 2.45) is 0 Å². The number of nitrogens with zero attached hydrogens (tertiary/aromatic N) is 4. The third-order valence-corrected chi connectivity index (χ3v) is 8.66. The van der Waals surface area contributed by atoms with E-state index in [2.05, 4.69) is 10.4 Å². The molecule has 3 heterocycles. The highest BCUT2D eigenvalue weighted by molar-refractivity contribution is 5.95. The van der Waals surface area contributed by atoms with E-state index in [1.807, 2.05) is 4.68 Å². The van der Waals surface area contributed by atoms with Crippen LogP contribution in [0.5, 0.6) is 0 Å². The van der Waals surface area contributed by atoms with Gasteiger partial charge < -0.3 is 15.1 Å². The Labute approximate surface area is 241 Å². The van der Waals surface area contributed by atoms with Crippen LogP contribution in [0.2, 0.25) is 0 Å². The predicted molar refractivity (Wildman–Crippen MR) is 147 cm³/mol. The SMILES string of the molecule is O=C(NCc1ccc(F)cc1)N1CCC(n2ncc(C(=O)N3CCC(c4ccccc4C(F)(F)F)C3)c2C2CC2)CC1. The number of urea groups is 1. The van der Waals surface area contributed by atoms with E-state index in [0.29, 0.717) is 51.0 Å². The van der Waals surface area contributed by atoms with Gasteiger partial charge in [0.1, 0.15) is 5.82 Å². The lowest BCUT2D eigenvalue weighted by Gasteiger charge is -2.33. The van der Waals surface area contributed by atoms with E-state index in [0.717, 1.165) is 30.2 Å². The van der Waals surface area contributed by atoms with Crippen LogP contribution in [0.1, 0.15) is 82.7 Å². The molecule has 3 amide bonds. The van der Waals surface area contributed by atoms with E-state index < -0.39 is 11.7 Å². The molecule has 7 nitrogen and oxygen atoms in total. The summed E-state index contributed by atoms with van der Waals surface area (Å²) in [6.45, 7) is 2.04. The van der Waals surface area contributed by atoms with Gasteiger partial charge in [-0.1, -0.05) is 30.3 Å². The first-order valence-electron chi connectivity index (χ1n) is 14.5. The van der Waals surface area contributed by atoms with E-state index in [9.17, 15) is 27.2 Å². The molecule has 1 saturated carbocycles. The number of piperidine rings is 1. The lowest BCUT2D eigenvalue weighted by atomic mass is 9.93. The Balaban J connectivity index is 1.10. The Kier molecular flexibility index (Phi) is 7.67. The molecule has 0 bridgehead atoms. The van der Waals surface area contributed by atoms with Crippen molar-refractivity contribution in [2.45, 2.75) is 62.7 Å². The molecule has 1 atom stereocenters. The maximum atomic E-state index is 13.7. The zero-order valence-electron chi connectivity index (χ0n) is 23.1. The zero-order chi connectivity index (χ0) is 29.4. The fourth-order valence-corrected chi connectivity index (χ4v) is 6.28. The molecular formula is C31H33F4N5O2. The van der Waals surface area contributed by atoms with Crippen LogP contribution in [0, 0.1) is 5.82 Å². The molecule has 2 aromatic carbocycles. The molecule has 0 spiro atoms. The average Bonchev–Trinajstić information content (AvgIpc) is 3.53. The smallest absolute Gasteiger partial charge is 0.338 e. The van der Waals surface area contributed by atoms with E-state index in [-0.39, 0.29) is 47.7 Å². The first kappa shape index (κ1) is 28.2. The van der Waals surface area contributed by atoms with Crippen molar-refractivity contribution in [3.8, 4) is 0 Å². The highest BCUT2D eigenvalue weighted by Gasteiger charge is 2.40. The number of carbonyl (C=O) groups excluding carboxylic acids is 2. The first-order valence-corrected chi connectivity index (χ1v) is 14.5. The average molecular weight is 584 g/mol. The molecule has 1 N–H and O–H groups in total. The number of carbonyl (C=O) groups is 2. The molecule has 2 saturated heterocycles. The predicted octanol–water partition coefficient (Wildman–Crippen LogP) is 6.09. The van der Waals surface area contributed by atoms with Crippen LogP contribution in [0.25, 0.3) is 0 Å². The van der Waals surface area contributed by atoms with Crippen LogP contribution < -0.4 is 5.32 Å². The molecule has 42 heavy (non-hydrogen) atoms. The van der Waals surface area contributed by atoms with Crippen molar-refractivity contribution >= 4 is 11.9 Å². The van der Waals surface area contributed by atoms with Gasteiger partial charge in [0.25, 0.3) is 5.91 Å². The molecular weight excluding hydrogens is 550 g/mol. The van der Waals surface area contributed by atoms with Crippen LogP contribution >= 0.6 is 0 Å². The number of amides is 3. The van der Waals surface area contributed by atoms with E-state index >= 15 is 0 Å². The summed E-state index contributed by atoms with van der Waals surface area (Å²) in [7, 11) is 0. The summed E-state index contributed by atoms with van der Waals surface area (Å²) in [5, 5.41) is 7.53. The number of hydrogen-bond acceptors (Lipinski definition) is 3. The number of halogens is 4. The summed E-state index contributed by atoms with van der Waals surface area (Å²) in [6.07, 6.45) is 0.990. The van der Waals surface area contributed by atoms with Crippen molar-refractivity contribution in [2.75, 3.05) is 26.2 Å². The quantitative estimate of drug-likeness (QED) is 0.357. The minimum absolute atomic E-state index is 0.0493. The van der Waals surface area contributed by atoms with E-state index in [4.69, 9.17) is 0 Å². The monoisotopic (exact) mass is 583 g/mol. The molecule has 6 rings (SSSR count). The summed E-state index contributed by atoms with van der Waals surface area (Å²) < 4.78 is 55.9. The van der Waals surface area contributed by atoms with Crippen LogP contribution in [0.15, 0.2) is 54.7 Å². The molecule has 1 aliphatic carbocycles. The van der Waals surface area contributed by atoms with Crippen molar-refractivity contribution in [3.05, 3.63) is 88.5 Å². The second kappa shape index (κ2) is 11.4. The van der Waals surface area contributed by atoms with Gasteiger partial charge in [-0.2, -0.15) is 18.3 Å². The normalized spacial score (nSPS) is 19.8. The van der Waals surface area contributed by atoms with Crippen LogP contribution in [-0.2, 0) is 12.7 Å². The van der Waals surface area contributed by atoms with Crippen LogP contribution in [-0.4, -0.2) is 57.7 Å². The third kappa shape index (κ3) is 5.87. The van der Waals surface area contributed by atoms with Gasteiger partial charge in [0, 0.05) is 44.6 Å². The first-order chi connectivity index (χ1) is 20.2. The highest BCUT2D eigenvalue weighted by Crippen LogP contribution is 2.44. The van der Waals surface area contributed by atoms with Crippen LogP contribution in [0.4, 0.5) is 22.4 Å². The van der Waals surface area contributed by atoms with Gasteiger partial charge in [-0.3, -0.25) is 9.48 Å². The summed E-state index contributed by atoms with van der Waals surface area (Å²) in [5.41, 5.74) is 1.88. The maximum absolute atomic E-state index is 13.7. The second-order valence-electron chi connectivity index (χ2n) is 11.5. The van der Waals surface area contributed by atoms with Crippen molar-refractivity contribution in [3.63, 3.8) is 0 Å². The lowest BCUT2D eigenvalue weighted by molar-refractivity contribution is -0.138. The van der Waals surface area contributed by atoms with Gasteiger partial charge in [0.05, 0.1) is 29.1 Å². The Morgan fingerprint density at radius 2 is 1.57 bits per heavy atom. The van der Waals surface area contributed by atoms with E-state index in [1.54, 1.807) is 34.2 Å². The minimum Gasteiger partial charge on any atom is -0.338 e. The van der Waals surface area contributed by atoms with Crippen LogP contribution in [0.3, 0.4) is 0 Å². The molecule has 11 heteroatoms. The number of rotatable bonds is 6. The molecule has 3 aliphatic rings. The Morgan fingerprint density at radius 1 is 0.881 bits per heavy atom.